The van der Waals surface area contributed by atoms with E-state index in [0.717, 1.165) is 0 Å². The van der Waals surface area contributed by atoms with Crippen molar-refractivity contribution < 1.29 is 27.5 Å². The third-order valence-corrected chi connectivity index (χ3v) is 2.01. The van der Waals surface area contributed by atoms with E-state index in [9.17, 15) is 27.5 Å². The molecule has 0 saturated carbocycles. The molecule has 0 aromatic heterocycles. The number of benzene rings is 1. The SMILES string of the molecule is O=C(NCc1ccccc1O)C(F)(F)C(F)F. The molecule has 0 atom stereocenters. The molecule has 7 heteroatoms. The number of alkyl halides is 4. The van der Waals surface area contributed by atoms with Crippen LogP contribution in [0.15, 0.2) is 24.3 Å². The Hall–Kier alpha value is -1.79. The molecular formula is C10H9F4NO2. The molecule has 0 bridgehead atoms. The molecule has 0 spiro atoms. The number of carbonyl (C=O) groups excluding carboxylic acids is 1. The van der Waals surface area contributed by atoms with Crippen molar-refractivity contribution in [2.75, 3.05) is 0 Å². The monoisotopic (exact) mass is 251 g/mol. The van der Waals surface area contributed by atoms with Gasteiger partial charge < -0.3 is 10.4 Å². The van der Waals surface area contributed by atoms with Crippen molar-refractivity contribution in [2.45, 2.75) is 18.9 Å². The van der Waals surface area contributed by atoms with E-state index in [1.807, 2.05) is 0 Å². The maximum absolute atomic E-state index is 12.5. The Kier molecular flexibility index (Phi) is 3.93. The highest BCUT2D eigenvalue weighted by Gasteiger charge is 2.48. The molecule has 0 aliphatic rings. The van der Waals surface area contributed by atoms with E-state index >= 15 is 0 Å². The minimum absolute atomic E-state index is 0.158. The van der Waals surface area contributed by atoms with Gasteiger partial charge in [-0.2, -0.15) is 8.78 Å². The average molecular weight is 251 g/mol. The summed E-state index contributed by atoms with van der Waals surface area (Å²) in [7, 11) is 0. The molecule has 0 aliphatic heterocycles. The lowest BCUT2D eigenvalue weighted by atomic mass is 10.2. The highest BCUT2D eigenvalue weighted by Crippen LogP contribution is 2.23. The number of hydrogen-bond donors (Lipinski definition) is 2. The molecule has 17 heavy (non-hydrogen) atoms. The van der Waals surface area contributed by atoms with Gasteiger partial charge >= 0.3 is 12.3 Å². The minimum Gasteiger partial charge on any atom is -0.508 e. The second-order valence-corrected chi connectivity index (χ2v) is 3.24. The van der Waals surface area contributed by atoms with Crippen molar-refractivity contribution in [2.24, 2.45) is 0 Å². The summed E-state index contributed by atoms with van der Waals surface area (Å²) in [6.07, 6.45) is -4.06. The van der Waals surface area contributed by atoms with Crippen LogP contribution < -0.4 is 5.32 Å². The van der Waals surface area contributed by atoms with Crippen LogP contribution in [-0.4, -0.2) is 23.4 Å². The van der Waals surface area contributed by atoms with Gasteiger partial charge in [0.2, 0.25) is 0 Å². The quantitative estimate of drug-likeness (QED) is 0.803. The number of aromatic hydroxyl groups is 1. The lowest BCUT2D eigenvalue weighted by Gasteiger charge is -2.15. The number of nitrogens with one attached hydrogen (secondary N) is 1. The van der Waals surface area contributed by atoms with Gasteiger partial charge in [0, 0.05) is 12.1 Å². The fourth-order valence-corrected chi connectivity index (χ4v) is 1.05. The Labute approximate surface area is 94.1 Å². The zero-order chi connectivity index (χ0) is 13.1. The van der Waals surface area contributed by atoms with Crippen molar-refractivity contribution in [3.05, 3.63) is 29.8 Å². The van der Waals surface area contributed by atoms with Crippen LogP contribution in [0, 0.1) is 0 Å². The fourth-order valence-electron chi connectivity index (χ4n) is 1.05. The summed E-state index contributed by atoms with van der Waals surface area (Å²) >= 11 is 0. The standard InChI is InChI=1S/C10H9F4NO2/c11-8(12)10(13,14)9(17)15-5-6-3-1-2-4-7(6)16/h1-4,8,16H,5H2,(H,15,17). The predicted octanol–water partition coefficient (Wildman–Crippen LogP) is 1.91. The fraction of sp³-hybridized carbons (Fsp3) is 0.300. The van der Waals surface area contributed by atoms with Gasteiger partial charge in [-0.05, 0) is 6.07 Å². The van der Waals surface area contributed by atoms with Gasteiger partial charge in [-0.25, -0.2) is 8.78 Å². The Morgan fingerprint density at radius 1 is 1.35 bits per heavy atom. The summed E-state index contributed by atoms with van der Waals surface area (Å²) in [5, 5.41) is 10.9. The normalized spacial score (nSPS) is 11.6. The maximum atomic E-state index is 12.5. The largest absolute Gasteiger partial charge is 0.508 e. The van der Waals surface area contributed by atoms with Crippen LogP contribution in [0.3, 0.4) is 0 Å². The molecular weight excluding hydrogens is 242 g/mol. The van der Waals surface area contributed by atoms with E-state index in [1.54, 1.807) is 5.32 Å². The van der Waals surface area contributed by atoms with E-state index in [1.165, 1.54) is 24.3 Å². The molecule has 0 saturated heterocycles. The highest BCUT2D eigenvalue weighted by molar-refractivity contribution is 5.83. The maximum Gasteiger partial charge on any atom is 0.383 e. The van der Waals surface area contributed by atoms with Crippen LogP contribution >= 0.6 is 0 Å². The number of halogens is 4. The van der Waals surface area contributed by atoms with Crippen LogP contribution in [0.25, 0.3) is 0 Å². The van der Waals surface area contributed by atoms with Crippen molar-refractivity contribution in [1.29, 1.82) is 0 Å². The Morgan fingerprint density at radius 2 is 1.94 bits per heavy atom. The Bertz CT molecular complexity index is 409. The molecule has 0 aliphatic carbocycles. The van der Waals surface area contributed by atoms with E-state index in [-0.39, 0.29) is 11.3 Å². The lowest BCUT2D eigenvalue weighted by molar-refractivity contribution is -0.169. The molecule has 3 nitrogen and oxygen atoms in total. The number of carbonyl (C=O) groups is 1. The number of hydrogen-bond acceptors (Lipinski definition) is 2. The summed E-state index contributed by atoms with van der Waals surface area (Å²) in [6.45, 7) is -0.451. The number of amides is 1. The number of phenolic OH excluding ortho intramolecular Hbond substituents is 1. The summed E-state index contributed by atoms with van der Waals surface area (Å²) < 4.78 is 48.7. The summed E-state index contributed by atoms with van der Waals surface area (Å²) in [6, 6.07) is 5.66. The van der Waals surface area contributed by atoms with E-state index in [2.05, 4.69) is 0 Å². The predicted molar refractivity (Wildman–Crippen MR) is 50.9 cm³/mol. The zero-order valence-corrected chi connectivity index (χ0v) is 8.46. The molecule has 1 amide bonds. The molecule has 1 rings (SSSR count). The van der Waals surface area contributed by atoms with Gasteiger partial charge in [-0.15, -0.1) is 0 Å². The first-order valence-electron chi connectivity index (χ1n) is 4.57. The smallest absolute Gasteiger partial charge is 0.383 e. The topological polar surface area (TPSA) is 49.3 Å². The minimum atomic E-state index is -4.73. The van der Waals surface area contributed by atoms with E-state index in [4.69, 9.17) is 0 Å². The molecule has 2 N–H and O–H groups in total. The van der Waals surface area contributed by atoms with Crippen LogP contribution in [0.5, 0.6) is 5.75 Å². The average Bonchev–Trinajstić information content (AvgIpc) is 2.27. The Morgan fingerprint density at radius 3 is 2.47 bits per heavy atom. The van der Waals surface area contributed by atoms with Crippen LogP contribution in [0.4, 0.5) is 17.6 Å². The molecule has 0 heterocycles. The van der Waals surface area contributed by atoms with Crippen molar-refractivity contribution >= 4 is 5.91 Å². The van der Waals surface area contributed by atoms with Gasteiger partial charge in [0.25, 0.3) is 5.91 Å². The Balaban J connectivity index is 2.64. The van der Waals surface area contributed by atoms with Crippen molar-refractivity contribution in [1.82, 2.24) is 5.32 Å². The molecule has 1 aromatic carbocycles. The number of para-hydroxylation sites is 1. The summed E-state index contributed by atoms with van der Waals surface area (Å²) in [5.74, 6) is -7.02. The lowest BCUT2D eigenvalue weighted by Crippen LogP contribution is -2.44. The van der Waals surface area contributed by atoms with Gasteiger partial charge in [-0.1, -0.05) is 18.2 Å². The first-order chi connectivity index (χ1) is 7.85. The van der Waals surface area contributed by atoms with Crippen LogP contribution in [-0.2, 0) is 11.3 Å². The van der Waals surface area contributed by atoms with Crippen LogP contribution in [0.1, 0.15) is 5.56 Å². The second-order valence-electron chi connectivity index (χ2n) is 3.24. The first kappa shape index (κ1) is 13.3. The van der Waals surface area contributed by atoms with Gasteiger partial charge in [0.1, 0.15) is 5.75 Å². The zero-order valence-electron chi connectivity index (χ0n) is 8.46. The van der Waals surface area contributed by atoms with Gasteiger partial charge in [-0.3, -0.25) is 4.79 Å². The number of phenols is 1. The second kappa shape index (κ2) is 5.03. The summed E-state index contributed by atoms with van der Waals surface area (Å²) in [4.78, 5) is 10.8. The van der Waals surface area contributed by atoms with Crippen molar-refractivity contribution in [3.8, 4) is 5.75 Å². The van der Waals surface area contributed by atoms with Crippen LogP contribution in [0.2, 0.25) is 0 Å². The highest BCUT2D eigenvalue weighted by atomic mass is 19.3. The van der Waals surface area contributed by atoms with E-state index < -0.39 is 24.8 Å². The van der Waals surface area contributed by atoms with E-state index in [0.29, 0.717) is 0 Å². The molecule has 0 unspecified atom stereocenters. The molecule has 1 aromatic rings. The van der Waals surface area contributed by atoms with Crippen molar-refractivity contribution in [3.63, 3.8) is 0 Å². The third kappa shape index (κ3) is 3.08. The molecule has 0 fully saturated rings. The first-order valence-corrected chi connectivity index (χ1v) is 4.57. The number of rotatable bonds is 4. The third-order valence-electron chi connectivity index (χ3n) is 2.01. The van der Waals surface area contributed by atoms with Gasteiger partial charge in [0.05, 0.1) is 0 Å². The molecule has 94 valence electrons. The summed E-state index contributed by atoms with van der Waals surface area (Å²) in [5.41, 5.74) is 0.158. The molecule has 0 radical (unpaired) electrons. The van der Waals surface area contributed by atoms with Gasteiger partial charge in [0.15, 0.2) is 0 Å².